The van der Waals surface area contributed by atoms with Gasteiger partial charge in [0.25, 0.3) is 0 Å². The maximum atomic E-state index is 9.16. The molecule has 2 heteroatoms. The Bertz CT molecular complexity index is 434. The van der Waals surface area contributed by atoms with Crippen molar-refractivity contribution in [2.45, 2.75) is 4.90 Å². The predicted molar refractivity (Wildman–Crippen MR) is 62.6 cm³/mol. The third-order valence-electron chi connectivity index (χ3n) is 2.32. The van der Waals surface area contributed by atoms with Crippen LogP contribution in [0.5, 0.6) is 0 Å². The van der Waals surface area contributed by atoms with Crippen molar-refractivity contribution < 1.29 is 5.11 Å². The molecule has 0 spiro atoms. The highest BCUT2D eigenvalue weighted by molar-refractivity contribution is 7.96. The molecule has 0 amide bonds. The lowest BCUT2D eigenvalue weighted by atomic mass is 10.1. The highest BCUT2D eigenvalue weighted by Crippen LogP contribution is 2.23. The number of benzene rings is 2. The summed E-state index contributed by atoms with van der Waals surface area (Å²) in [6, 6.07) is 14.6. The third-order valence-corrected chi connectivity index (χ3v) is 3.81. The molecule has 2 aromatic carbocycles. The SMILES string of the molecule is C[S+](CO)c1cccc2ccccc12. The average molecular weight is 205 g/mol. The van der Waals surface area contributed by atoms with E-state index in [1.807, 2.05) is 12.1 Å². The Labute approximate surface area is 86.7 Å². The van der Waals surface area contributed by atoms with Crippen molar-refractivity contribution in [3.8, 4) is 0 Å². The molecule has 0 bridgehead atoms. The number of aliphatic hydroxyl groups excluding tert-OH is 1. The number of rotatable bonds is 2. The number of hydrogen-bond acceptors (Lipinski definition) is 1. The Morgan fingerprint density at radius 3 is 2.57 bits per heavy atom. The lowest BCUT2D eigenvalue weighted by Crippen LogP contribution is -2.04. The second-order valence-corrected chi connectivity index (χ2v) is 5.22. The molecule has 1 atom stereocenters. The van der Waals surface area contributed by atoms with Crippen LogP contribution in [0.1, 0.15) is 0 Å². The van der Waals surface area contributed by atoms with Crippen molar-refractivity contribution in [1.82, 2.24) is 0 Å². The minimum absolute atomic E-state index is 0.0594. The maximum absolute atomic E-state index is 9.16. The van der Waals surface area contributed by atoms with Crippen molar-refractivity contribution in [1.29, 1.82) is 0 Å². The zero-order valence-corrected chi connectivity index (χ0v) is 8.92. The molecule has 14 heavy (non-hydrogen) atoms. The van der Waals surface area contributed by atoms with Crippen LogP contribution in [0.15, 0.2) is 47.4 Å². The Kier molecular flexibility index (Phi) is 2.75. The van der Waals surface area contributed by atoms with E-state index in [0.29, 0.717) is 0 Å². The standard InChI is InChI=1S/C12H13OS/c1-14(9-13)12-8-4-6-10-5-2-3-7-11(10)12/h2-8,13H,9H2,1H3/q+1. The summed E-state index contributed by atoms with van der Waals surface area (Å²) in [6.45, 7) is 0. The molecular formula is C12H13OS+. The van der Waals surface area contributed by atoms with Gasteiger partial charge in [-0.3, -0.25) is 0 Å². The fraction of sp³-hybridized carbons (Fsp3) is 0.167. The van der Waals surface area contributed by atoms with Crippen LogP contribution in [0.4, 0.5) is 0 Å². The zero-order valence-electron chi connectivity index (χ0n) is 8.10. The van der Waals surface area contributed by atoms with E-state index < -0.39 is 0 Å². The van der Waals surface area contributed by atoms with E-state index in [0.717, 1.165) is 0 Å². The van der Waals surface area contributed by atoms with E-state index in [4.69, 9.17) is 5.11 Å². The fourth-order valence-corrected chi connectivity index (χ4v) is 2.58. The first-order valence-electron chi connectivity index (χ1n) is 4.54. The van der Waals surface area contributed by atoms with E-state index in [-0.39, 0.29) is 16.8 Å². The first-order chi connectivity index (χ1) is 6.83. The summed E-state index contributed by atoms with van der Waals surface area (Å²) in [5, 5.41) is 11.7. The minimum Gasteiger partial charge on any atom is -0.352 e. The van der Waals surface area contributed by atoms with E-state index in [9.17, 15) is 0 Å². The fourth-order valence-electron chi connectivity index (χ4n) is 1.57. The zero-order chi connectivity index (χ0) is 9.97. The van der Waals surface area contributed by atoms with Crippen LogP contribution in [-0.2, 0) is 10.9 Å². The summed E-state index contributed by atoms with van der Waals surface area (Å²) in [4.78, 5) is 1.26. The Balaban J connectivity index is 2.65. The quantitative estimate of drug-likeness (QED) is 0.746. The monoisotopic (exact) mass is 205 g/mol. The summed E-state index contributed by atoms with van der Waals surface area (Å²) >= 11 is 0. The molecule has 72 valence electrons. The predicted octanol–water partition coefficient (Wildman–Crippen LogP) is 2.40. The average Bonchev–Trinajstić information content (AvgIpc) is 2.27. The number of aliphatic hydroxyl groups is 1. The Morgan fingerprint density at radius 2 is 1.79 bits per heavy atom. The van der Waals surface area contributed by atoms with Gasteiger partial charge in [-0.15, -0.1) is 0 Å². The summed E-state index contributed by atoms with van der Waals surface area (Å²) in [5.41, 5.74) is 0. The second kappa shape index (κ2) is 4.03. The molecule has 2 rings (SSSR count). The highest BCUT2D eigenvalue weighted by Gasteiger charge is 2.16. The van der Waals surface area contributed by atoms with E-state index in [1.165, 1.54) is 15.7 Å². The molecule has 1 N–H and O–H groups in total. The first kappa shape index (κ1) is 9.56. The van der Waals surface area contributed by atoms with Gasteiger partial charge in [0.05, 0.1) is 0 Å². The topological polar surface area (TPSA) is 20.2 Å². The highest BCUT2D eigenvalue weighted by atomic mass is 32.2. The molecule has 1 unspecified atom stereocenters. The van der Waals surface area contributed by atoms with Gasteiger partial charge in [-0.05, 0) is 17.5 Å². The summed E-state index contributed by atoms with van der Waals surface area (Å²) in [5.74, 6) is 0.230. The largest absolute Gasteiger partial charge is 0.352 e. The van der Waals surface area contributed by atoms with Gasteiger partial charge < -0.3 is 5.11 Å². The first-order valence-corrected chi connectivity index (χ1v) is 6.34. The molecular weight excluding hydrogens is 192 g/mol. The van der Waals surface area contributed by atoms with Crippen LogP contribution >= 0.6 is 0 Å². The van der Waals surface area contributed by atoms with Crippen LogP contribution in [0.3, 0.4) is 0 Å². The molecule has 2 aromatic rings. The number of fused-ring (bicyclic) bond motifs is 1. The van der Waals surface area contributed by atoms with E-state index >= 15 is 0 Å². The summed E-state index contributed by atoms with van der Waals surface area (Å²) in [7, 11) is -0.0594. The van der Waals surface area contributed by atoms with Crippen LogP contribution < -0.4 is 0 Å². The van der Waals surface area contributed by atoms with Gasteiger partial charge in [0.2, 0.25) is 5.94 Å². The lowest BCUT2D eigenvalue weighted by Gasteiger charge is -2.03. The van der Waals surface area contributed by atoms with Crippen molar-refractivity contribution in [3.63, 3.8) is 0 Å². The van der Waals surface area contributed by atoms with Gasteiger partial charge in [0.15, 0.2) is 4.90 Å². The van der Waals surface area contributed by atoms with Gasteiger partial charge in [-0.1, -0.05) is 30.3 Å². The molecule has 0 heterocycles. The van der Waals surface area contributed by atoms with Crippen molar-refractivity contribution >= 4 is 21.7 Å². The minimum atomic E-state index is -0.0594. The number of hydrogen-bond donors (Lipinski definition) is 1. The third kappa shape index (κ3) is 1.63. The molecule has 0 saturated carbocycles. The molecule has 0 aliphatic heterocycles. The van der Waals surface area contributed by atoms with Gasteiger partial charge >= 0.3 is 0 Å². The van der Waals surface area contributed by atoms with Gasteiger partial charge in [0.1, 0.15) is 6.26 Å². The summed E-state index contributed by atoms with van der Waals surface area (Å²) in [6.07, 6.45) is 2.07. The molecule has 0 saturated heterocycles. The Morgan fingerprint density at radius 1 is 1.07 bits per heavy atom. The van der Waals surface area contributed by atoms with Crippen LogP contribution in [0.2, 0.25) is 0 Å². The normalized spacial score (nSPS) is 13.0. The van der Waals surface area contributed by atoms with Crippen LogP contribution in [0, 0.1) is 0 Å². The van der Waals surface area contributed by atoms with E-state index in [2.05, 4.69) is 36.6 Å². The van der Waals surface area contributed by atoms with Gasteiger partial charge in [-0.25, -0.2) is 0 Å². The molecule has 0 aliphatic carbocycles. The van der Waals surface area contributed by atoms with E-state index in [1.54, 1.807) is 0 Å². The maximum Gasteiger partial charge on any atom is 0.210 e. The van der Waals surface area contributed by atoms with Crippen molar-refractivity contribution in [2.24, 2.45) is 0 Å². The van der Waals surface area contributed by atoms with Gasteiger partial charge in [0, 0.05) is 16.3 Å². The lowest BCUT2D eigenvalue weighted by molar-refractivity contribution is 0.372. The van der Waals surface area contributed by atoms with Crippen LogP contribution in [-0.4, -0.2) is 17.3 Å². The molecule has 0 aliphatic rings. The van der Waals surface area contributed by atoms with Gasteiger partial charge in [-0.2, -0.15) is 0 Å². The second-order valence-electron chi connectivity index (χ2n) is 3.24. The molecule has 0 radical (unpaired) electrons. The summed E-state index contributed by atoms with van der Waals surface area (Å²) < 4.78 is 0. The molecule has 1 nitrogen and oxygen atoms in total. The van der Waals surface area contributed by atoms with Crippen LogP contribution in [0.25, 0.3) is 10.8 Å². The molecule has 0 aromatic heterocycles. The van der Waals surface area contributed by atoms with Crippen molar-refractivity contribution in [2.75, 3.05) is 12.2 Å². The Hall–Kier alpha value is -0.990. The molecule has 0 fully saturated rings. The van der Waals surface area contributed by atoms with Crippen molar-refractivity contribution in [3.05, 3.63) is 42.5 Å². The smallest absolute Gasteiger partial charge is 0.210 e.